The van der Waals surface area contributed by atoms with E-state index in [2.05, 4.69) is 28.6 Å². The lowest BCUT2D eigenvalue weighted by Crippen LogP contribution is -2.38. The predicted molar refractivity (Wildman–Crippen MR) is 165 cm³/mol. The molecule has 4 heterocycles. The Morgan fingerprint density at radius 2 is 1.88 bits per heavy atom. The first-order valence-electron chi connectivity index (χ1n) is 14.4. The van der Waals surface area contributed by atoms with Crippen LogP contribution in [0.4, 0.5) is 16.3 Å². The molecule has 2 amide bonds. The van der Waals surface area contributed by atoms with Gasteiger partial charge >= 0.3 is 6.09 Å². The van der Waals surface area contributed by atoms with E-state index >= 15 is 0 Å². The normalized spacial score (nSPS) is 15.5. The highest BCUT2D eigenvalue weighted by molar-refractivity contribution is 7.18. The smallest absolute Gasteiger partial charge is 0.409 e. The van der Waals surface area contributed by atoms with Crippen LogP contribution in [0.3, 0.4) is 0 Å². The van der Waals surface area contributed by atoms with Crippen molar-refractivity contribution in [3.05, 3.63) is 76.8 Å². The number of amides is 2. The van der Waals surface area contributed by atoms with Crippen LogP contribution in [-0.4, -0.2) is 48.1 Å². The summed E-state index contributed by atoms with van der Waals surface area (Å²) in [4.78, 5) is 33.9. The average molecular weight is 569 g/mol. The minimum Gasteiger partial charge on any atom is -0.449 e. The number of benzene rings is 2. The molecule has 4 aromatic rings. The molecule has 0 aliphatic carbocycles. The van der Waals surface area contributed by atoms with Gasteiger partial charge in [-0.05, 0) is 70.9 Å². The molecule has 1 fully saturated rings. The Hall–Kier alpha value is -3.91. The van der Waals surface area contributed by atoms with Crippen molar-refractivity contribution in [1.29, 1.82) is 0 Å². The molecule has 41 heavy (non-hydrogen) atoms. The molecule has 0 bridgehead atoms. The van der Waals surface area contributed by atoms with Gasteiger partial charge in [0.1, 0.15) is 5.82 Å². The molecule has 6 rings (SSSR count). The van der Waals surface area contributed by atoms with E-state index in [-0.39, 0.29) is 12.0 Å². The lowest BCUT2D eigenvalue weighted by atomic mass is 9.89. The van der Waals surface area contributed by atoms with Gasteiger partial charge in [0.2, 0.25) is 5.91 Å². The fourth-order valence-corrected chi connectivity index (χ4v) is 7.16. The number of carbonyl (C=O) groups excluding carboxylic acids is 2. The van der Waals surface area contributed by atoms with E-state index in [1.807, 2.05) is 60.2 Å². The van der Waals surface area contributed by atoms with Crippen LogP contribution in [-0.2, 0) is 22.4 Å². The van der Waals surface area contributed by atoms with Gasteiger partial charge in [-0.15, -0.1) is 11.3 Å². The van der Waals surface area contributed by atoms with Gasteiger partial charge in [0, 0.05) is 47.2 Å². The van der Waals surface area contributed by atoms with Gasteiger partial charge in [-0.3, -0.25) is 4.79 Å². The summed E-state index contributed by atoms with van der Waals surface area (Å²) in [6, 6.07) is 16.3. The van der Waals surface area contributed by atoms with Crippen LogP contribution in [0.2, 0.25) is 0 Å². The number of nitrogens with two attached hydrogens (primary N) is 1. The number of nitrogens with zero attached hydrogens (tertiary/aromatic N) is 3. The summed E-state index contributed by atoms with van der Waals surface area (Å²) in [6.07, 6.45) is 4.69. The largest absolute Gasteiger partial charge is 0.449 e. The maximum Gasteiger partial charge on any atom is 0.409 e. The van der Waals surface area contributed by atoms with E-state index in [4.69, 9.17) is 10.5 Å². The molecule has 8 heteroatoms. The average Bonchev–Trinajstić information content (AvgIpc) is 3.62. The zero-order chi connectivity index (χ0) is 28.5. The van der Waals surface area contributed by atoms with Crippen LogP contribution in [0.25, 0.3) is 21.2 Å². The Balaban J connectivity index is 1.21. The van der Waals surface area contributed by atoms with Crippen molar-refractivity contribution in [2.24, 2.45) is 5.92 Å². The zero-order valence-corrected chi connectivity index (χ0v) is 24.5. The van der Waals surface area contributed by atoms with Gasteiger partial charge in [-0.1, -0.05) is 50.2 Å². The zero-order valence-electron chi connectivity index (χ0n) is 23.6. The Labute approximate surface area is 244 Å². The summed E-state index contributed by atoms with van der Waals surface area (Å²) in [7, 11) is 0. The SMILES string of the molecule is CC(C)COC(=O)N1CCC(c2cnc(N)c3c(-c4ccc5c(c4)CCN5C(=O)Cc4ccccc4)csc23)CC1. The predicted octanol–water partition coefficient (Wildman–Crippen LogP) is 6.65. The van der Waals surface area contributed by atoms with Gasteiger partial charge in [-0.25, -0.2) is 9.78 Å². The van der Waals surface area contributed by atoms with E-state index in [1.54, 1.807) is 11.3 Å². The quantitative estimate of drug-likeness (QED) is 0.281. The highest BCUT2D eigenvalue weighted by Crippen LogP contribution is 2.44. The van der Waals surface area contributed by atoms with E-state index in [1.165, 1.54) is 15.8 Å². The van der Waals surface area contributed by atoms with Crippen molar-refractivity contribution >= 4 is 44.9 Å². The van der Waals surface area contributed by atoms with E-state index in [9.17, 15) is 9.59 Å². The number of ether oxygens (including phenoxy) is 1. The highest BCUT2D eigenvalue weighted by Gasteiger charge is 2.29. The summed E-state index contributed by atoms with van der Waals surface area (Å²) in [5.41, 5.74) is 13.1. The number of likely N-dealkylation sites (tertiary alicyclic amines) is 1. The summed E-state index contributed by atoms with van der Waals surface area (Å²) < 4.78 is 6.61. The standard InChI is InChI=1S/C33H36N4O3S/c1-21(2)19-40-33(39)36-13-10-23(11-14-36)26-18-35-32(34)30-27(20-41-31(26)30)24-8-9-28-25(17-24)12-15-37(28)29(38)16-22-6-4-3-5-7-22/h3-9,17-18,20-21,23H,10-16,19H2,1-2H3,(H2,34,35). The number of anilines is 2. The molecular formula is C33H36N4O3S. The molecule has 2 aromatic heterocycles. The molecular weight excluding hydrogens is 532 g/mol. The molecule has 212 valence electrons. The Morgan fingerprint density at radius 1 is 1.10 bits per heavy atom. The van der Waals surface area contributed by atoms with Crippen LogP contribution in [0, 0.1) is 5.92 Å². The minimum atomic E-state index is -0.215. The van der Waals surface area contributed by atoms with Gasteiger partial charge in [0.05, 0.1) is 13.0 Å². The highest BCUT2D eigenvalue weighted by atomic mass is 32.1. The van der Waals surface area contributed by atoms with Crippen molar-refractivity contribution < 1.29 is 14.3 Å². The number of nitrogen functional groups attached to an aromatic ring is 1. The van der Waals surface area contributed by atoms with Crippen molar-refractivity contribution in [2.45, 2.75) is 45.4 Å². The lowest BCUT2D eigenvalue weighted by Gasteiger charge is -2.31. The fourth-order valence-electron chi connectivity index (χ4n) is 5.99. The first-order valence-corrected chi connectivity index (χ1v) is 15.3. The minimum absolute atomic E-state index is 0.126. The maximum atomic E-state index is 13.1. The monoisotopic (exact) mass is 568 g/mol. The van der Waals surface area contributed by atoms with Gasteiger partial charge in [-0.2, -0.15) is 0 Å². The molecule has 2 aliphatic heterocycles. The second-order valence-electron chi connectivity index (χ2n) is 11.5. The number of hydrogen-bond donors (Lipinski definition) is 1. The molecule has 1 saturated heterocycles. The van der Waals surface area contributed by atoms with Crippen molar-refractivity contribution in [3.63, 3.8) is 0 Å². The molecule has 2 aromatic carbocycles. The summed E-state index contributed by atoms with van der Waals surface area (Å²) >= 11 is 1.71. The number of fused-ring (bicyclic) bond motifs is 2. The van der Waals surface area contributed by atoms with E-state index < -0.39 is 0 Å². The molecule has 2 aliphatic rings. The second-order valence-corrected chi connectivity index (χ2v) is 12.4. The van der Waals surface area contributed by atoms with Crippen LogP contribution in [0.5, 0.6) is 0 Å². The summed E-state index contributed by atoms with van der Waals surface area (Å²) in [5, 5.41) is 3.18. The number of hydrogen-bond acceptors (Lipinski definition) is 6. The number of pyridine rings is 1. The van der Waals surface area contributed by atoms with Crippen LogP contribution in [0.15, 0.2) is 60.1 Å². The molecule has 0 spiro atoms. The third-order valence-electron chi connectivity index (χ3n) is 8.17. The van der Waals surface area contributed by atoms with Gasteiger partial charge in [0.15, 0.2) is 0 Å². The molecule has 7 nitrogen and oxygen atoms in total. The number of piperidine rings is 1. The molecule has 0 radical (unpaired) electrons. The van der Waals surface area contributed by atoms with Crippen LogP contribution >= 0.6 is 11.3 Å². The van der Waals surface area contributed by atoms with Crippen molar-refractivity contribution in [2.75, 3.05) is 36.9 Å². The summed E-state index contributed by atoms with van der Waals surface area (Å²) in [5.74, 6) is 1.30. The molecule has 0 unspecified atom stereocenters. The van der Waals surface area contributed by atoms with Crippen molar-refractivity contribution in [1.82, 2.24) is 9.88 Å². The van der Waals surface area contributed by atoms with E-state index in [0.29, 0.717) is 50.3 Å². The van der Waals surface area contributed by atoms with Crippen LogP contribution < -0.4 is 10.6 Å². The third kappa shape index (κ3) is 5.53. The Bertz CT molecular complexity index is 1570. The third-order valence-corrected chi connectivity index (χ3v) is 9.20. The number of thiophene rings is 1. The number of aromatic nitrogens is 1. The topological polar surface area (TPSA) is 88.8 Å². The first-order chi connectivity index (χ1) is 19.9. The van der Waals surface area contributed by atoms with Crippen molar-refractivity contribution in [3.8, 4) is 11.1 Å². The Morgan fingerprint density at radius 3 is 2.63 bits per heavy atom. The summed E-state index contributed by atoms with van der Waals surface area (Å²) in [6.45, 7) is 6.59. The second kappa shape index (κ2) is 11.5. The Kier molecular flexibility index (Phi) is 7.67. The van der Waals surface area contributed by atoms with E-state index in [0.717, 1.165) is 47.0 Å². The molecule has 2 N–H and O–H groups in total. The van der Waals surface area contributed by atoms with Gasteiger partial charge < -0.3 is 20.3 Å². The first kappa shape index (κ1) is 27.3. The number of rotatable bonds is 6. The number of carbonyl (C=O) groups is 2. The molecule has 0 atom stereocenters. The lowest BCUT2D eigenvalue weighted by molar-refractivity contribution is -0.117. The van der Waals surface area contributed by atoms with Gasteiger partial charge in [0.25, 0.3) is 0 Å². The fraction of sp³-hybridized carbons (Fsp3) is 0.364. The maximum absolute atomic E-state index is 13.1. The molecule has 0 saturated carbocycles. The van der Waals surface area contributed by atoms with Crippen LogP contribution in [0.1, 0.15) is 49.3 Å².